The quantitative estimate of drug-likeness (QED) is 0.865. The summed E-state index contributed by atoms with van der Waals surface area (Å²) in [5, 5.41) is 3.04. The van der Waals surface area contributed by atoms with Gasteiger partial charge in [0.2, 0.25) is 5.91 Å². The Morgan fingerprint density at radius 1 is 1.75 bits per heavy atom. The molecule has 2 heterocycles. The summed E-state index contributed by atoms with van der Waals surface area (Å²) in [5.74, 6) is 0.520. The molecule has 0 spiro atoms. The van der Waals surface area contributed by atoms with Gasteiger partial charge in [0, 0.05) is 24.0 Å². The molecule has 2 N–H and O–H groups in total. The Hall–Kier alpha value is -0.940. The van der Waals surface area contributed by atoms with Crippen LogP contribution in [0.25, 0.3) is 0 Å². The highest BCUT2D eigenvalue weighted by atomic mass is 32.1. The average Bonchev–Trinajstić information content (AvgIpc) is 2.83. The van der Waals surface area contributed by atoms with Crippen molar-refractivity contribution < 1.29 is 4.79 Å². The van der Waals surface area contributed by atoms with Crippen molar-refractivity contribution in [2.45, 2.75) is 26.3 Å². The highest BCUT2D eigenvalue weighted by Gasteiger charge is 2.33. The molecule has 1 aliphatic heterocycles. The molecular formula is C11H17N3OS. The molecule has 2 rings (SSSR count). The van der Waals surface area contributed by atoms with Crippen molar-refractivity contribution >= 4 is 17.2 Å². The third kappa shape index (κ3) is 2.10. The molecule has 0 saturated carbocycles. The van der Waals surface area contributed by atoms with Crippen molar-refractivity contribution in [3.63, 3.8) is 0 Å². The summed E-state index contributed by atoms with van der Waals surface area (Å²) in [4.78, 5) is 18.1. The van der Waals surface area contributed by atoms with Crippen LogP contribution in [0, 0.1) is 12.8 Å². The SMILES string of the molecule is Cc1csc(C(C)N2CC(CN)CC2=O)n1. The van der Waals surface area contributed by atoms with Gasteiger partial charge in [-0.05, 0) is 26.3 Å². The fraction of sp³-hybridized carbons (Fsp3) is 0.636. The lowest BCUT2D eigenvalue weighted by Gasteiger charge is -2.22. The lowest BCUT2D eigenvalue weighted by molar-refractivity contribution is -0.129. The van der Waals surface area contributed by atoms with E-state index in [4.69, 9.17) is 5.73 Å². The molecule has 5 heteroatoms. The molecule has 0 aliphatic carbocycles. The summed E-state index contributed by atoms with van der Waals surface area (Å²) >= 11 is 1.62. The normalized spacial score (nSPS) is 22.8. The van der Waals surface area contributed by atoms with Gasteiger partial charge in [-0.25, -0.2) is 4.98 Å². The maximum atomic E-state index is 11.8. The van der Waals surface area contributed by atoms with E-state index in [1.165, 1.54) is 0 Å². The van der Waals surface area contributed by atoms with Gasteiger partial charge in [0.15, 0.2) is 0 Å². The average molecular weight is 239 g/mol. The van der Waals surface area contributed by atoms with Crippen LogP contribution in [-0.2, 0) is 4.79 Å². The number of aromatic nitrogens is 1. The molecular weight excluding hydrogens is 222 g/mol. The third-order valence-corrected chi connectivity index (χ3v) is 4.17. The van der Waals surface area contributed by atoms with Gasteiger partial charge in [-0.3, -0.25) is 4.79 Å². The summed E-state index contributed by atoms with van der Waals surface area (Å²) < 4.78 is 0. The number of carbonyl (C=O) groups excluding carboxylic acids is 1. The van der Waals surface area contributed by atoms with Gasteiger partial charge in [0.1, 0.15) is 5.01 Å². The number of amides is 1. The fourth-order valence-corrected chi connectivity index (χ4v) is 2.90. The lowest BCUT2D eigenvalue weighted by atomic mass is 10.1. The molecule has 1 amide bonds. The molecule has 1 fully saturated rings. The minimum absolute atomic E-state index is 0.0859. The van der Waals surface area contributed by atoms with E-state index in [1.807, 2.05) is 24.1 Å². The number of nitrogens with two attached hydrogens (primary N) is 1. The van der Waals surface area contributed by atoms with E-state index < -0.39 is 0 Å². The van der Waals surface area contributed by atoms with E-state index in [1.54, 1.807) is 11.3 Å². The number of nitrogens with zero attached hydrogens (tertiary/aromatic N) is 2. The van der Waals surface area contributed by atoms with Crippen molar-refractivity contribution in [1.82, 2.24) is 9.88 Å². The van der Waals surface area contributed by atoms with Crippen LogP contribution in [0.3, 0.4) is 0 Å². The molecule has 16 heavy (non-hydrogen) atoms. The predicted molar refractivity (Wildman–Crippen MR) is 64.1 cm³/mol. The summed E-state index contributed by atoms with van der Waals surface area (Å²) in [6.07, 6.45) is 0.588. The number of likely N-dealkylation sites (tertiary alicyclic amines) is 1. The minimum atomic E-state index is 0.0859. The van der Waals surface area contributed by atoms with E-state index in [2.05, 4.69) is 4.98 Å². The molecule has 0 radical (unpaired) electrons. The first kappa shape index (κ1) is 11.5. The van der Waals surface area contributed by atoms with E-state index in [-0.39, 0.29) is 11.9 Å². The number of thiazole rings is 1. The van der Waals surface area contributed by atoms with Crippen LogP contribution >= 0.6 is 11.3 Å². The number of aryl methyl sites for hydroxylation is 1. The first-order valence-electron chi connectivity index (χ1n) is 5.53. The molecule has 88 valence electrons. The maximum absolute atomic E-state index is 11.8. The van der Waals surface area contributed by atoms with Gasteiger partial charge in [0.05, 0.1) is 6.04 Å². The highest BCUT2D eigenvalue weighted by molar-refractivity contribution is 7.09. The Morgan fingerprint density at radius 3 is 3.00 bits per heavy atom. The van der Waals surface area contributed by atoms with E-state index >= 15 is 0 Å². The smallest absolute Gasteiger partial charge is 0.223 e. The molecule has 1 aromatic rings. The molecule has 4 nitrogen and oxygen atoms in total. The second-order valence-electron chi connectivity index (χ2n) is 4.36. The molecule has 1 saturated heterocycles. The van der Waals surface area contributed by atoms with Crippen molar-refractivity contribution in [1.29, 1.82) is 0 Å². The monoisotopic (exact) mass is 239 g/mol. The van der Waals surface area contributed by atoms with Gasteiger partial charge in [-0.2, -0.15) is 0 Å². The summed E-state index contributed by atoms with van der Waals surface area (Å²) in [6, 6.07) is 0.0859. The van der Waals surface area contributed by atoms with Gasteiger partial charge >= 0.3 is 0 Å². The Bertz CT molecular complexity index is 390. The van der Waals surface area contributed by atoms with Crippen molar-refractivity contribution in [2.24, 2.45) is 11.7 Å². The largest absolute Gasteiger partial charge is 0.333 e. The molecule has 1 aliphatic rings. The molecule has 2 atom stereocenters. The molecule has 2 unspecified atom stereocenters. The zero-order chi connectivity index (χ0) is 11.7. The summed E-state index contributed by atoms with van der Waals surface area (Å²) in [7, 11) is 0. The van der Waals surface area contributed by atoms with Crippen LogP contribution in [0.15, 0.2) is 5.38 Å². The second kappa shape index (κ2) is 4.51. The van der Waals surface area contributed by atoms with Gasteiger partial charge < -0.3 is 10.6 Å². The van der Waals surface area contributed by atoms with Crippen LogP contribution in [0.2, 0.25) is 0 Å². The summed E-state index contributed by atoms with van der Waals surface area (Å²) in [6.45, 7) is 5.37. The van der Waals surface area contributed by atoms with Gasteiger partial charge in [-0.1, -0.05) is 0 Å². The zero-order valence-corrected chi connectivity index (χ0v) is 10.5. The van der Waals surface area contributed by atoms with Gasteiger partial charge in [-0.15, -0.1) is 11.3 Å². The summed E-state index contributed by atoms with van der Waals surface area (Å²) in [5.41, 5.74) is 6.63. The second-order valence-corrected chi connectivity index (χ2v) is 5.24. The number of hydrogen-bond donors (Lipinski definition) is 1. The van der Waals surface area contributed by atoms with Crippen molar-refractivity contribution in [3.8, 4) is 0 Å². The first-order valence-corrected chi connectivity index (χ1v) is 6.41. The van der Waals surface area contributed by atoms with Gasteiger partial charge in [0.25, 0.3) is 0 Å². The van der Waals surface area contributed by atoms with Crippen LogP contribution < -0.4 is 5.73 Å². The standard InChI is InChI=1S/C11H17N3OS/c1-7-6-16-11(13-7)8(2)14-5-9(4-12)3-10(14)15/h6,8-9H,3-5,12H2,1-2H3. The van der Waals surface area contributed by atoms with Crippen molar-refractivity contribution in [2.75, 3.05) is 13.1 Å². The Morgan fingerprint density at radius 2 is 2.50 bits per heavy atom. The van der Waals surface area contributed by atoms with Crippen LogP contribution in [0.5, 0.6) is 0 Å². The molecule has 0 bridgehead atoms. The lowest BCUT2D eigenvalue weighted by Crippen LogP contribution is -2.29. The number of rotatable bonds is 3. The maximum Gasteiger partial charge on any atom is 0.223 e. The zero-order valence-electron chi connectivity index (χ0n) is 9.64. The minimum Gasteiger partial charge on any atom is -0.333 e. The number of carbonyl (C=O) groups is 1. The van der Waals surface area contributed by atoms with E-state index in [9.17, 15) is 4.79 Å². The Labute approximate surface area is 99.5 Å². The predicted octanol–water partition coefficient (Wildman–Crippen LogP) is 1.32. The Kier molecular flexibility index (Phi) is 3.25. The first-order chi connectivity index (χ1) is 7.61. The molecule has 1 aromatic heterocycles. The van der Waals surface area contributed by atoms with Crippen LogP contribution in [0.1, 0.15) is 30.1 Å². The topological polar surface area (TPSA) is 59.2 Å². The number of hydrogen-bond acceptors (Lipinski definition) is 4. The highest BCUT2D eigenvalue weighted by Crippen LogP contribution is 2.29. The Balaban J connectivity index is 2.10. The van der Waals surface area contributed by atoms with E-state index in [0.717, 1.165) is 17.2 Å². The fourth-order valence-electron chi connectivity index (χ4n) is 2.04. The molecule has 0 aromatic carbocycles. The van der Waals surface area contributed by atoms with Crippen LogP contribution in [0.4, 0.5) is 0 Å². The van der Waals surface area contributed by atoms with Crippen LogP contribution in [-0.4, -0.2) is 28.9 Å². The van der Waals surface area contributed by atoms with Crippen molar-refractivity contribution in [3.05, 3.63) is 16.1 Å². The van der Waals surface area contributed by atoms with E-state index in [0.29, 0.717) is 18.9 Å². The third-order valence-electron chi connectivity index (χ3n) is 3.03.